The van der Waals surface area contributed by atoms with Gasteiger partial charge in [-0.1, -0.05) is 12.1 Å². The van der Waals surface area contributed by atoms with Crippen LogP contribution in [0.25, 0.3) is 10.9 Å². The van der Waals surface area contributed by atoms with Crippen LogP contribution in [0.5, 0.6) is 0 Å². The fourth-order valence-corrected chi connectivity index (χ4v) is 1.72. The lowest BCUT2D eigenvalue weighted by Crippen LogP contribution is -2.13. The van der Waals surface area contributed by atoms with Crippen molar-refractivity contribution in [3.63, 3.8) is 0 Å². The van der Waals surface area contributed by atoms with Crippen LogP contribution in [0.2, 0.25) is 0 Å². The number of hydrogen-bond acceptors (Lipinski definition) is 3. The van der Waals surface area contributed by atoms with Crippen molar-refractivity contribution >= 4 is 16.6 Å². The standard InChI is InChI=1S/C11H10N2O3/c1-2-12-7-10(13(15)16)11(14)8-5-3-4-6-9(8)12/h3-7H,2H2,1H3. The van der Waals surface area contributed by atoms with Crippen molar-refractivity contribution in [1.82, 2.24) is 4.57 Å². The van der Waals surface area contributed by atoms with E-state index in [2.05, 4.69) is 0 Å². The van der Waals surface area contributed by atoms with Crippen molar-refractivity contribution < 1.29 is 4.92 Å². The van der Waals surface area contributed by atoms with Crippen LogP contribution in [-0.2, 0) is 6.54 Å². The number of para-hydroxylation sites is 1. The first kappa shape index (κ1) is 10.4. The van der Waals surface area contributed by atoms with E-state index in [1.165, 1.54) is 6.20 Å². The van der Waals surface area contributed by atoms with Gasteiger partial charge in [0.25, 0.3) is 5.43 Å². The van der Waals surface area contributed by atoms with E-state index in [-0.39, 0.29) is 5.69 Å². The molecule has 5 nitrogen and oxygen atoms in total. The predicted octanol–water partition coefficient (Wildman–Crippen LogP) is 1.93. The Morgan fingerprint density at radius 1 is 1.38 bits per heavy atom. The summed E-state index contributed by atoms with van der Waals surface area (Å²) in [6.07, 6.45) is 1.30. The predicted molar refractivity (Wildman–Crippen MR) is 60.5 cm³/mol. The van der Waals surface area contributed by atoms with Crippen molar-refractivity contribution in [3.8, 4) is 0 Å². The number of aromatic nitrogens is 1. The van der Waals surface area contributed by atoms with Crippen molar-refractivity contribution in [3.05, 3.63) is 50.8 Å². The molecule has 0 bridgehead atoms. The second kappa shape index (κ2) is 3.77. The van der Waals surface area contributed by atoms with E-state index >= 15 is 0 Å². The molecule has 0 fully saturated rings. The number of rotatable bonds is 2. The summed E-state index contributed by atoms with van der Waals surface area (Å²) in [7, 11) is 0. The van der Waals surface area contributed by atoms with E-state index in [0.717, 1.165) is 5.52 Å². The summed E-state index contributed by atoms with van der Waals surface area (Å²) in [6, 6.07) is 6.90. The summed E-state index contributed by atoms with van der Waals surface area (Å²) in [5.41, 5.74) is -0.175. The zero-order valence-corrected chi connectivity index (χ0v) is 8.71. The maximum atomic E-state index is 11.8. The minimum Gasteiger partial charge on any atom is -0.341 e. The summed E-state index contributed by atoms with van der Waals surface area (Å²) in [4.78, 5) is 21.9. The average Bonchev–Trinajstić information content (AvgIpc) is 2.29. The first-order valence-corrected chi connectivity index (χ1v) is 4.91. The summed E-state index contributed by atoms with van der Waals surface area (Å²) in [6.45, 7) is 2.46. The Morgan fingerprint density at radius 3 is 2.69 bits per heavy atom. The van der Waals surface area contributed by atoms with Gasteiger partial charge in [0.2, 0.25) is 0 Å². The SMILES string of the molecule is CCn1cc([N+](=O)[O-])c(=O)c2ccccc21. The van der Waals surface area contributed by atoms with Gasteiger partial charge in [-0.3, -0.25) is 14.9 Å². The third-order valence-electron chi connectivity index (χ3n) is 2.51. The molecule has 0 aliphatic rings. The smallest absolute Gasteiger partial charge is 0.332 e. The number of fused-ring (bicyclic) bond motifs is 1. The van der Waals surface area contributed by atoms with Crippen molar-refractivity contribution in [1.29, 1.82) is 0 Å². The number of nitrogens with zero attached hydrogens (tertiary/aromatic N) is 2. The van der Waals surface area contributed by atoms with Crippen LogP contribution in [0.4, 0.5) is 5.69 Å². The molecule has 1 heterocycles. The third kappa shape index (κ3) is 1.46. The summed E-state index contributed by atoms with van der Waals surface area (Å²) >= 11 is 0. The zero-order chi connectivity index (χ0) is 11.7. The van der Waals surface area contributed by atoms with Crippen molar-refractivity contribution in [2.45, 2.75) is 13.5 Å². The summed E-state index contributed by atoms with van der Waals surface area (Å²) < 4.78 is 1.70. The lowest BCUT2D eigenvalue weighted by atomic mass is 10.2. The Hall–Kier alpha value is -2.17. The van der Waals surface area contributed by atoms with E-state index in [0.29, 0.717) is 11.9 Å². The summed E-state index contributed by atoms with van der Waals surface area (Å²) in [5.74, 6) is 0. The highest BCUT2D eigenvalue weighted by atomic mass is 16.6. The molecule has 1 aromatic heterocycles. The second-order valence-electron chi connectivity index (χ2n) is 3.40. The molecule has 0 aliphatic heterocycles. The first-order chi connectivity index (χ1) is 7.65. The van der Waals surface area contributed by atoms with Gasteiger partial charge in [-0.05, 0) is 19.1 Å². The van der Waals surface area contributed by atoms with Crippen LogP contribution < -0.4 is 5.43 Å². The molecule has 0 saturated heterocycles. The van der Waals surface area contributed by atoms with E-state index < -0.39 is 10.4 Å². The number of pyridine rings is 1. The molecule has 0 atom stereocenters. The molecule has 5 heteroatoms. The Morgan fingerprint density at radius 2 is 2.06 bits per heavy atom. The van der Waals surface area contributed by atoms with E-state index in [1.807, 2.05) is 6.92 Å². The van der Waals surface area contributed by atoms with Crippen LogP contribution in [0.1, 0.15) is 6.92 Å². The van der Waals surface area contributed by atoms with Crippen LogP contribution in [0, 0.1) is 10.1 Å². The monoisotopic (exact) mass is 218 g/mol. The van der Waals surface area contributed by atoms with Crippen LogP contribution in [-0.4, -0.2) is 9.49 Å². The van der Waals surface area contributed by atoms with E-state index in [1.54, 1.807) is 28.8 Å². The van der Waals surface area contributed by atoms with Gasteiger partial charge >= 0.3 is 5.69 Å². The van der Waals surface area contributed by atoms with Gasteiger partial charge in [-0.15, -0.1) is 0 Å². The van der Waals surface area contributed by atoms with Gasteiger partial charge in [0.05, 0.1) is 22.0 Å². The Bertz CT molecular complexity index is 616. The fourth-order valence-electron chi connectivity index (χ4n) is 1.72. The normalized spacial score (nSPS) is 10.6. The maximum absolute atomic E-state index is 11.8. The minimum atomic E-state index is -0.638. The van der Waals surface area contributed by atoms with Crippen LogP contribution >= 0.6 is 0 Å². The number of aryl methyl sites for hydroxylation is 1. The van der Waals surface area contributed by atoms with Gasteiger partial charge in [-0.2, -0.15) is 0 Å². The highest BCUT2D eigenvalue weighted by Gasteiger charge is 2.16. The van der Waals surface area contributed by atoms with Gasteiger partial charge < -0.3 is 4.57 Å². The maximum Gasteiger partial charge on any atom is 0.332 e. The van der Waals surface area contributed by atoms with Crippen LogP contribution in [0.15, 0.2) is 35.3 Å². The molecule has 0 saturated carbocycles. The largest absolute Gasteiger partial charge is 0.341 e. The third-order valence-corrected chi connectivity index (χ3v) is 2.51. The molecule has 0 radical (unpaired) electrons. The quantitative estimate of drug-likeness (QED) is 0.571. The Balaban J connectivity index is 2.94. The van der Waals surface area contributed by atoms with Gasteiger partial charge in [0.15, 0.2) is 0 Å². The second-order valence-corrected chi connectivity index (χ2v) is 3.40. The zero-order valence-electron chi connectivity index (χ0n) is 8.71. The molecule has 0 N–H and O–H groups in total. The Kier molecular flexibility index (Phi) is 2.44. The molecule has 0 spiro atoms. The van der Waals surface area contributed by atoms with Crippen LogP contribution in [0.3, 0.4) is 0 Å². The summed E-state index contributed by atoms with van der Waals surface area (Å²) in [5, 5.41) is 11.1. The molecular weight excluding hydrogens is 208 g/mol. The van der Waals surface area contributed by atoms with Gasteiger partial charge in [0, 0.05) is 6.54 Å². The lowest BCUT2D eigenvalue weighted by Gasteiger charge is -2.07. The topological polar surface area (TPSA) is 65.1 Å². The fraction of sp³-hybridized carbons (Fsp3) is 0.182. The molecule has 0 aliphatic carbocycles. The average molecular weight is 218 g/mol. The number of benzene rings is 1. The molecule has 2 aromatic rings. The molecule has 16 heavy (non-hydrogen) atoms. The van der Waals surface area contributed by atoms with Gasteiger partial charge in [-0.25, -0.2) is 0 Å². The molecule has 82 valence electrons. The molecular formula is C11H10N2O3. The van der Waals surface area contributed by atoms with Crippen molar-refractivity contribution in [2.24, 2.45) is 0 Å². The van der Waals surface area contributed by atoms with Crippen molar-refractivity contribution in [2.75, 3.05) is 0 Å². The molecule has 2 rings (SSSR count). The number of hydrogen-bond donors (Lipinski definition) is 0. The molecule has 1 aromatic carbocycles. The molecule has 0 amide bonds. The first-order valence-electron chi connectivity index (χ1n) is 4.91. The van der Waals surface area contributed by atoms with Gasteiger partial charge in [0.1, 0.15) is 0 Å². The van der Waals surface area contributed by atoms with E-state index in [4.69, 9.17) is 0 Å². The number of nitro groups is 1. The highest BCUT2D eigenvalue weighted by Crippen LogP contribution is 2.14. The lowest BCUT2D eigenvalue weighted by molar-refractivity contribution is -0.386. The highest BCUT2D eigenvalue weighted by molar-refractivity contribution is 5.80. The molecule has 0 unspecified atom stereocenters. The minimum absolute atomic E-state index is 0.374. The van der Waals surface area contributed by atoms with E-state index in [9.17, 15) is 14.9 Å². The Labute approximate surface area is 91.1 Å².